The molecule has 2 heterocycles. The Hall–Kier alpha value is -1.10. The Morgan fingerprint density at radius 1 is 1.60 bits per heavy atom. The summed E-state index contributed by atoms with van der Waals surface area (Å²) in [5, 5.41) is 11.2. The quantitative estimate of drug-likeness (QED) is 0.494. The van der Waals surface area contributed by atoms with Crippen molar-refractivity contribution in [1.82, 2.24) is 0 Å². The maximum atomic E-state index is 5.04. The number of nitrogens with zero attached hydrogens (tertiary/aromatic N) is 3. The van der Waals surface area contributed by atoms with Gasteiger partial charge in [0.15, 0.2) is 5.05 Å². The van der Waals surface area contributed by atoms with Crippen molar-refractivity contribution in [2.75, 3.05) is 0 Å². The lowest BCUT2D eigenvalue weighted by molar-refractivity contribution is 0.542. The number of fused-ring (bicyclic) bond motifs is 1. The van der Waals surface area contributed by atoms with Gasteiger partial charge in [0.2, 0.25) is 0 Å². The van der Waals surface area contributed by atoms with Gasteiger partial charge in [-0.1, -0.05) is 5.10 Å². The Balaban J connectivity index is 2.39. The van der Waals surface area contributed by atoms with Crippen molar-refractivity contribution in [3.63, 3.8) is 0 Å². The number of ether oxygens (including phenoxy) is 1. The molecule has 0 aromatic heterocycles. The van der Waals surface area contributed by atoms with Crippen LogP contribution in [0.25, 0.3) is 0 Å². The SMILES string of the molecule is S=C1CC=C2N=NN=C2O1. The molecule has 0 aliphatic carbocycles. The van der Waals surface area contributed by atoms with Crippen LogP contribution < -0.4 is 0 Å². The second-order valence-corrected chi connectivity index (χ2v) is 2.32. The Morgan fingerprint density at radius 3 is 3.40 bits per heavy atom. The zero-order chi connectivity index (χ0) is 6.97. The summed E-state index contributed by atoms with van der Waals surface area (Å²) in [6, 6.07) is 0. The van der Waals surface area contributed by atoms with Crippen LogP contribution in [0.1, 0.15) is 6.42 Å². The van der Waals surface area contributed by atoms with E-state index >= 15 is 0 Å². The molecule has 0 amide bonds. The molecular weight excluding hydrogens is 150 g/mol. The molecule has 0 spiro atoms. The molecule has 0 unspecified atom stereocenters. The summed E-state index contributed by atoms with van der Waals surface area (Å²) in [6.45, 7) is 0. The van der Waals surface area contributed by atoms with Gasteiger partial charge in [0.25, 0.3) is 5.90 Å². The standard InChI is InChI=1S/C5H3N3OS/c10-4-2-1-3-5(9-4)7-8-6-3/h1H,2H2. The number of rotatable bonds is 0. The normalized spacial score (nSPS) is 21.4. The number of thiocarbonyl (C=S) groups is 1. The van der Waals surface area contributed by atoms with Crippen molar-refractivity contribution in [2.45, 2.75) is 6.42 Å². The average Bonchev–Trinajstić information content (AvgIpc) is 2.33. The van der Waals surface area contributed by atoms with E-state index in [1.807, 2.05) is 6.08 Å². The fraction of sp³-hybridized carbons (Fsp3) is 0.200. The first-order valence-electron chi connectivity index (χ1n) is 2.76. The third-order valence-electron chi connectivity index (χ3n) is 1.18. The average molecular weight is 153 g/mol. The molecule has 50 valence electrons. The minimum Gasteiger partial charge on any atom is -0.428 e. The van der Waals surface area contributed by atoms with Crippen LogP contribution in [0.15, 0.2) is 27.2 Å². The summed E-state index contributed by atoms with van der Waals surface area (Å²) < 4.78 is 5.04. The van der Waals surface area contributed by atoms with Gasteiger partial charge in [-0.05, 0) is 23.5 Å². The first-order chi connectivity index (χ1) is 4.86. The molecule has 2 aliphatic heterocycles. The minimum absolute atomic E-state index is 0.427. The van der Waals surface area contributed by atoms with E-state index in [9.17, 15) is 0 Å². The van der Waals surface area contributed by atoms with Crippen LogP contribution >= 0.6 is 12.2 Å². The van der Waals surface area contributed by atoms with Gasteiger partial charge in [-0.3, -0.25) is 0 Å². The van der Waals surface area contributed by atoms with Gasteiger partial charge in [0, 0.05) is 6.42 Å². The van der Waals surface area contributed by atoms with E-state index in [-0.39, 0.29) is 0 Å². The molecule has 2 rings (SSSR count). The highest BCUT2D eigenvalue weighted by atomic mass is 32.1. The first kappa shape index (κ1) is 5.67. The Kier molecular flexibility index (Phi) is 1.10. The second kappa shape index (κ2) is 1.95. The molecule has 0 aromatic carbocycles. The predicted octanol–water partition coefficient (Wildman–Crippen LogP) is 1.40. The Labute approximate surface area is 62.3 Å². The lowest BCUT2D eigenvalue weighted by Crippen LogP contribution is -2.14. The molecule has 0 aromatic rings. The van der Waals surface area contributed by atoms with E-state index in [0.29, 0.717) is 23.1 Å². The van der Waals surface area contributed by atoms with Crippen molar-refractivity contribution >= 4 is 23.2 Å². The molecule has 0 atom stereocenters. The zero-order valence-electron chi connectivity index (χ0n) is 4.94. The highest BCUT2D eigenvalue weighted by Gasteiger charge is 2.19. The smallest absolute Gasteiger partial charge is 0.269 e. The fourth-order valence-electron chi connectivity index (χ4n) is 0.735. The van der Waals surface area contributed by atoms with Gasteiger partial charge in [0.05, 0.1) is 0 Å². The maximum Gasteiger partial charge on any atom is 0.269 e. The summed E-state index contributed by atoms with van der Waals surface area (Å²) >= 11 is 4.80. The summed E-state index contributed by atoms with van der Waals surface area (Å²) in [4.78, 5) is 0. The van der Waals surface area contributed by atoms with Gasteiger partial charge >= 0.3 is 0 Å². The molecule has 0 bridgehead atoms. The molecular formula is C5H3N3OS. The fourth-order valence-corrected chi connectivity index (χ4v) is 0.898. The van der Waals surface area contributed by atoms with Crippen molar-refractivity contribution in [2.24, 2.45) is 15.4 Å². The van der Waals surface area contributed by atoms with E-state index in [4.69, 9.17) is 17.0 Å². The topological polar surface area (TPSA) is 46.3 Å². The van der Waals surface area contributed by atoms with Crippen LogP contribution in [0.3, 0.4) is 0 Å². The van der Waals surface area contributed by atoms with Crippen LogP contribution in [0.2, 0.25) is 0 Å². The molecule has 0 saturated heterocycles. The summed E-state index contributed by atoms with van der Waals surface area (Å²) in [5.74, 6) is 0.427. The van der Waals surface area contributed by atoms with E-state index in [1.165, 1.54) is 0 Å². The predicted molar refractivity (Wildman–Crippen MR) is 38.7 cm³/mol. The van der Waals surface area contributed by atoms with Crippen molar-refractivity contribution in [1.29, 1.82) is 0 Å². The van der Waals surface area contributed by atoms with E-state index in [0.717, 1.165) is 0 Å². The molecule has 0 N–H and O–H groups in total. The Bertz CT molecular complexity index is 279. The van der Waals surface area contributed by atoms with Crippen LogP contribution in [0, 0.1) is 0 Å². The first-order valence-corrected chi connectivity index (χ1v) is 3.17. The molecule has 10 heavy (non-hydrogen) atoms. The van der Waals surface area contributed by atoms with Gasteiger partial charge in [-0.25, -0.2) is 0 Å². The monoisotopic (exact) mass is 153 g/mol. The largest absolute Gasteiger partial charge is 0.428 e. The molecule has 4 nitrogen and oxygen atoms in total. The highest BCUT2D eigenvalue weighted by molar-refractivity contribution is 7.80. The molecule has 0 fully saturated rings. The zero-order valence-corrected chi connectivity index (χ0v) is 5.76. The van der Waals surface area contributed by atoms with Crippen LogP contribution in [0.4, 0.5) is 0 Å². The summed E-state index contributed by atoms with van der Waals surface area (Å²) in [7, 11) is 0. The number of hydrogen-bond donors (Lipinski definition) is 0. The van der Waals surface area contributed by atoms with Gasteiger partial charge in [-0.2, -0.15) is 0 Å². The van der Waals surface area contributed by atoms with Crippen LogP contribution in [-0.2, 0) is 4.74 Å². The molecule has 0 radical (unpaired) electrons. The molecule has 0 saturated carbocycles. The Morgan fingerprint density at radius 2 is 2.50 bits per heavy atom. The van der Waals surface area contributed by atoms with Gasteiger partial charge in [-0.15, -0.1) is 5.11 Å². The molecule has 2 aliphatic rings. The third kappa shape index (κ3) is 0.750. The minimum atomic E-state index is 0.427. The van der Waals surface area contributed by atoms with E-state index < -0.39 is 0 Å². The number of hydrogen-bond acceptors (Lipinski definition) is 5. The van der Waals surface area contributed by atoms with Crippen LogP contribution in [0.5, 0.6) is 0 Å². The van der Waals surface area contributed by atoms with Crippen molar-refractivity contribution in [3.05, 3.63) is 11.8 Å². The van der Waals surface area contributed by atoms with E-state index in [1.54, 1.807) is 0 Å². The lowest BCUT2D eigenvalue weighted by atomic mass is 10.3. The summed E-state index contributed by atoms with van der Waals surface area (Å²) in [6.07, 6.45) is 2.48. The van der Waals surface area contributed by atoms with Crippen molar-refractivity contribution < 1.29 is 4.74 Å². The van der Waals surface area contributed by atoms with Gasteiger partial charge < -0.3 is 4.74 Å². The third-order valence-corrected chi connectivity index (χ3v) is 1.43. The van der Waals surface area contributed by atoms with Crippen LogP contribution in [-0.4, -0.2) is 10.9 Å². The lowest BCUT2D eigenvalue weighted by Gasteiger charge is -2.08. The highest BCUT2D eigenvalue weighted by Crippen LogP contribution is 2.17. The van der Waals surface area contributed by atoms with Crippen molar-refractivity contribution in [3.8, 4) is 0 Å². The maximum absolute atomic E-state index is 5.04. The van der Waals surface area contributed by atoms with E-state index in [2.05, 4.69) is 15.4 Å². The molecule has 5 heteroatoms. The second-order valence-electron chi connectivity index (χ2n) is 1.86. The van der Waals surface area contributed by atoms with Gasteiger partial charge in [0.1, 0.15) is 5.70 Å². The summed E-state index contributed by atoms with van der Waals surface area (Å²) in [5.41, 5.74) is 0.689.